The van der Waals surface area contributed by atoms with E-state index in [9.17, 15) is 4.79 Å². The first-order valence-electron chi connectivity index (χ1n) is 5.57. The molecule has 16 heavy (non-hydrogen) atoms. The average molecular weight is 215 g/mol. The first kappa shape index (κ1) is 9.46. The van der Waals surface area contributed by atoms with Crippen LogP contribution in [0.25, 0.3) is 10.9 Å². The van der Waals surface area contributed by atoms with E-state index in [0.29, 0.717) is 11.5 Å². The molecule has 1 heterocycles. The fourth-order valence-corrected chi connectivity index (χ4v) is 1.85. The molecular formula is C13H13NO2. The smallest absolute Gasteiger partial charge is 0.152 e. The number of nitrogens with zero attached hydrogens (tertiary/aromatic N) is 1. The summed E-state index contributed by atoms with van der Waals surface area (Å²) in [5.41, 5.74) is 1.65. The van der Waals surface area contributed by atoms with Gasteiger partial charge in [-0.25, -0.2) is 0 Å². The maximum Gasteiger partial charge on any atom is 0.152 e. The van der Waals surface area contributed by atoms with Crippen molar-refractivity contribution < 1.29 is 9.63 Å². The Morgan fingerprint density at radius 1 is 1.38 bits per heavy atom. The lowest BCUT2D eigenvalue weighted by molar-refractivity contribution is 0.108. The van der Waals surface area contributed by atoms with Crippen molar-refractivity contribution in [2.45, 2.75) is 12.8 Å². The van der Waals surface area contributed by atoms with Gasteiger partial charge in [-0.1, -0.05) is 18.2 Å². The Hall–Kier alpha value is -1.77. The highest BCUT2D eigenvalue weighted by Gasteiger charge is 2.22. The molecule has 0 bridgehead atoms. The summed E-state index contributed by atoms with van der Waals surface area (Å²) in [6.45, 7) is 0.747. The number of hydrogen-bond acceptors (Lipinski definition) is 2. The van der Waals surface area contributed by atoms with Crippen molar-refractivity contribution in [3.8, 4) is 0 Å². The van der Waals surface area contributed by atoms with E-state index in [4.69, 9.17) is 4.84 Å². The zero-order chi connectivity index (χ0) is 11.0. The van der Waals surface area contributed by atoms with E-state index >= 15 is 0 Å². The highest BCUT2D eigenvalue weighted by atomic mass is 16.7. The maximum atomic E-state index is 10.9. The number of fused-ring (bicyclic) bond motifs is 1. The van der Waals surface area contributed by atoms with Gasteiger partial charge in [0.05, 0.1) is 11.7 Å². The summed E-state index contributed by atoms with van der Waals surface area (Å²) in [4.78, 5) is 16.6. The molecule has 1 aliphatic carbocycles. The van der Waals surface area contributed by atoms with Crippen LogP contribution in [-0.2, 0) is 0 Å². The van der Waals surface area contributed by atoms with Crippen molar-refractivity contribution in [1.29, 1.82) is 0 Å². The van der Waals surface area contributed by atoms with Gasteiger partial charge in [0.15, 0.2) is 6.29 Å². The fraction of sp³-hybridized carbons (Fsp3) is 0.308. The second-order valence-corrected chi connectivity index (χ2v) is 4.28. The van der Waals surface area contributed by atoms with Gasteiger partial charge in [0.25, 0.3) is 0 Å². The number of carbonyl (C=O) groups excluding carboxylic acids is 1. The summed E-state index contributed by atoms with van der Waals surface area (Å²) in [7, 11) is 0. The number of aldehydes is 1. The molecule has 0 unspecified atom stereocenters. The summed E-state index contributed by atoms with van der Waals surface area (Å²) in [5.74, 6) is 0.709. The molecule has 0 aliphatic heterocycles. The molecular weight excluding hydrogens is 202 g/mol. The Balaban J connectivity index is 1.98. The van der Waals surface area contributed by atoms with Crippen LogP contribution in [0.15, 0.2) is 30.5 Å². The van der Waals surface area contributed by atoms with Crippen molar-refractivity contribution in [2.24, 2.45) is 5.92 Å². The number of rotatable bonds is 4. The molecule has 2 aromatic rings. The molecule has 0 atom stereocenters. The highest BCUT2D eigenvalue weighted by molar-refractivity contribution is 5.97. The summed E-state index contributed by atoms with van der Waals surface area (Å²) < 4.78 is 1.72. The molecule has 82 valence electrons. The topological polar surface area (TPSA) is 31.2 Å². The van der Waals surface area contributed by atoms with Crippen molar-refractivity contribution >= 4 is 17.2 Å². The summed E-state index contributed by atoms with van der Waals surface area (Å²) >= 11 is 0. The average Bonchev–Trinajstić information content (AvgIpc) is 3.08. The van der Waals surface area contributed by atoms with E-state index in [0.717, 1.165) is 23.8 Å². The van der Waals surface area contributed by atoms with Crippen LogP contribution in [0.5, 0.6) is 0 Å². The SMILES string of the molecule is O=Cc1cn(OCC2CC2)c2ccccc12. The molecule has 1 aromatic carbocycles. The van der Waals surface area contributed by atoms with Crippen LogP contribution in [0.4, 0.5) is 0 Å². The molecule has 1 aromatic heterocycles. The molecule has 1 aliphatic rings. The maximum absolute atomic E-state index is 10.9. The van der Waals surface area contributed by atoms with E-state index < -0.39 is 0 Å². The molecule has 3 rings (SSSR count). The van der Waals surface area contributed by atoms with Crippen molar-refractivity contribution in [1.82, 2.24) is 4.73 Å². The van der Waals surface area contributed by atoms with E-state index in [1.165, 1.54) is 12.8 Å². The second-order valence-electron chi connectivity index (χ2n) is 4.28. The summed E-state index contributed by atoms with van der Waals surface area (Å²) in [6, 6.07) is 7.79. The van der Waals surface area contributed by atoms with Crippen molar-refractivity contribution in [3.05, 3.63) is 36.0 Å². The number of para-hydroxylation sites is 1. The Labute approximate surface area is 93.6 Å². The van der Waals surface area contributed by atoms with Crippen LogP contribution in [0.2, 0.25) is 0 Å². The third kappa shape index (κ3) is 1.58. The predicted molar refractivity (Wildman–Crippen MR) is 61.5 cm³/mol. The highest BCUT2D eigenvalue weighted by Crippen LogP contribution is 2.28. The first-order chi connectivity index (χ1) is 7.88. The second kappa shape index (κ2) is 3.67. The number of carbonyl (C=O) groups is 1. The molecule has 3 heteroatoms. The lowest BCUT2D eigenvalue weighted by atomic mass is 10.2. The third-order valence-corrected chi connectivity index (χ3v) is 2.98. The standard InChI is InChI=1S/C13H13NO2/c15-8-11-7-14(16-9-10-5-6-10)13-4-2-1-3-12(11)13/h1-4,7-8,10H,5-6,9H2. The van der Waals surface area contributed by atoms with Gasteiger partial charge in [-0.05, 0) is 24.8 Å². The number of aromatic nitrogens is 1. The largest absolute Gasteiger partial charge is 0.414 e. The van der Waals surface area contributed by atoms with Gasteiger partial charge < -0.3 is 4.84 Å². The molecule has 1 saturated carbocycles. The zero-order valence-corrected chi connectivity index (χ0v) is 8.93. The quantitative estimate of drug-likeness (QED) is 0.733. The van der Waals surface area contributed by atoms with Gasteiger partial charge in [0, 0.05) is 10.9 Å². The van der Waals surface area contributed by atoms with Gasteiger partial charge in [0.1, 0.15) is 6.61 Å². The zero-order valence-electron chi connectivity index (χ0n) is 8.93. The van der Waals surface area contributed by atoms with E-state index in [1.807, 2.05) is 24.3 Å². The Morgan fingerprint density at radius 2 is 2.19 bits per heavy atom. The van der Waals surface area contributed by atoms with Crippen LogP contribution < -0.4 is 4.84 Å². The normalized spacial score (nSPS) is 15.2. The van der Waals surface area contributed by atoms with Crippen molar-refractivity contribution in [2.75, 3.05) is 6.61 Å². The first-order valence-corrected chi connectivity index (χ1v) is 5.57. The summed E-state index contributed by atoms with van der Waals surface area (Å²) in [5, 5.41) is 0.952. The molecule has 0 N–H and O–H groups in total. The van der Waals surface area contributed by atoms with Crippen LogP contribution in [0.1, 0.15) is 23.2 Å². The van der Waals surface area contributed by atoms with Gasteiger partial charge in [-0.15, -0.1) is 0 Å². The summed E-state index contributed by atoms with van der Waals surface area (Å²) in [6.07, 6.45) is 5.17. The van der Waals surface area contributed by atoms with Crippen LogP contribution >= 0.6 is 0 Å². The number of hydrogen-bond donors (Lipinski definition) is 0. The van der Waals surface area contributed by atoms with Gasteiger partial charge >= 0.3 is 0 Å². The van der Waals surface area contributed by atoms with Crippen LogP contribution in [-0.4, -0.2) is 17.6 Å². The third-order valence-electron chi connectivity index (χ3n) is 2.98. The van der Waals surface area contributed by atoms with Crippen molar-refractivity contribution in [3.63, 3.8) is 0 Å². The predicted octanol–water partition coefficient (Wildman–Crippen LogP) is 2.29. The molecule has 0 amide bonds. The van der Waals surface area contributed by atoms with Crippen LogP contribution in [0, 0.1) is 5.92 Å². The molecule has 0 radical (unpaired) electrons. The van der Waals surface area contributed by atoms with Gasteiger partial charge in [-0.3, -0.25) is 4.79 Å². The molecule has 3 nitrogen and oxygen atoms in total. The minimum Gasteiger partial charge on any atom is -0.414 e. The Kier molecular flexibility index (Phi) is 2.17. The lowest BCUT2D eigenvalue weighted by Gasteiger charge is -2.06. The molecule has 1 fully saturated rings. The monoisotopic (exact) mass is 215 g/mol. The Morgan fingerprint density at radius 3 is 2.94 bits per heavy atom. The van der Waals surface area contributed by atoms with E-state index in [2.05, 4.69) is 0 Å². The lowest BCUT2D eigenvalue weighted by Crippen LogP contribution is -2.12. The van der Waals surface area contributed by atoms with Crippen LogP contribution in [0.3, 0.4) is 0 Å². The van der Waals surface area contributed by atoms with E-state index in [-0.39, 0.29) is 0 Å². The minimum absolute atomic E-state index is 0.686. The fourth-order valence-electron chi connectivity index (χ4n) is 1.85. The number of benzene rings is 1. The van der Waals surface area contributed by atoms with Gasteiger partial charge in [0.2, 0.25) is 0 Å². The molecule has 0 spiro atoms. The van der Waals surface area contributed by atoms with Gasteiger partial charge in [-0.2, -0.15) is 4.73 Å². The van der Waals surface area contributed by atoms with E-state index in [1.54, 1.807) is 10.9 Å². The minimum atomic E-state index is 0.686. The Bertz CT molecular complexity index is 526. The molecule has 0 saturated heterocycles.